The molecule has 2 atom stereocenters. The maximum atomic E-state index is 17.5. The molecule has 8 rings (SSSR count). The van der Waals surface area contributed by atoms with Gasteiger partial charge >= 0.3 is 6.01 Å². The first-order valence-electron chi connectivity index (χ1n) is 16.6. The number of aromatic hydroxyl groups is 1. The van der Waals surface area contributed by atoms with E-state index in [0.717, 1.165) is 32.2 Å². The molecule has 10 nitrogen and oxygen atoms in total. The van der Waals surface area contributed by atoms with Crippen molar-refractivity contribution in [1.29, 1.82) is 0 Å². The lowest BCUT2D eigenvalue weighted by Gasteiger charge is -2.34. The van der Waals surface area contributed by atoms with Crippen LogP contribution in [0.5, 0.6) is 11.8 Å². The van der Waals surface area contributed by atoms with Crippen LogP contribution in [0.2, 0.25) is 0 Å². The Morgan fingerprint density at radius 1 is 1.15 bits per heavy atom. The van der Waals surface area contributed by atoms with Gasteiger partial charge in [-0.3, -0.25) is 4.79 Å². The Morgan fingerprint density at radius 2 is 1.90 bits per heavy atom. The number of hydrogen-bond acceptors (Lipinski definition) is 9. The van der Waals surface area contributed by atoms with Gasteiger partial charge < -0.3 is 34.3 Å². The zero-order valence-electron chi connectivity index (χ0n) is 27.1. The summed E-state index contributed by atoms with van der Waals surface area (Å²) in [5.74, 6) is 1.04. The standard InChI is InChI=1S/C36H38F2N6O4/c1-4-25-27(37)8-5-21-11-24(45)12-26(28(21)25)32-30(38)31-29(34(46)44(32)13-20-16-47-17-20)33(43-14-22-6-7-23(15-43)39-22)41-35(40-31)48-19-36(9-10-36)18-42(2)3/h1,5,8,11-12,20,22-23,39,45H,6-7,9-10,13-19H2,2-3H3. The predicted molar refractivity (Wildman–Crippen MR) is 178 cm³/mol. The Hall–Kier alpha value is -4.31. The summed E-state index contributed by atoms with van der Waals surface area (Å²) >= 11 is 0. The molecule has 3 saturated heterocycles. The van der Waals surface area contributed by atoms with E-state index >= 15 is 8.78 Å². The molecule has 2 N–H and O–H groups in total. The zero-order valence-corrected chi connectivity index (χ0v) is 27.1. The van der Waals surface area contributed by atoms with Crippen molar-refractivity contribution >= 4 is 27.5 Å². The van der Waals surface area contributed by atoms with Gasteiger partial charge in [0.2, 0.25) is 0 Å². The molecule has 1 aliphatic carbocycles. The van der Waals surface area contributed by atoms with E-state index in [1.165, 1.54) is 28.8 Å². The van der Waals surface area contributed by atoms with Crippen LogP contribution in [-0.4, -0.2) is 90.2 Å². The number of nitrogens with one attached hydrogen (secondary N) is 1. The number of pyridine rings is 1. The van der Waals surface area contributed by atoms with E-state index in [9.17, 15) is 9.90 Å². The van der Waals surface area contributed by atoms with E-state index in [2.05, 4.69) is 26.0 Å². The number of phenolic OH excluding ortho intramolecular Hbond substituents is 1. The van der Waals surface area contributed by atoms with E-state index in [0.29, 0.717) is 44.1 Å². The van der Waals surface area contributed by atoms with Crippen molar-refractivity contribution in [3.63, 3.8) is 0 Å². The number of benzene rings is 2. The number of aromatic nitrogens is 3. The highest BCUT2D eigenvalue weighted by atomic mass is 19.1. The second-order valence-corrected chi connectivity index (χ2v) is 14.3. The van der Waals surface area contributed by atoms with Gasteiger partial charge in [0.25, 0.3) is 5.56 Å². The maximum absolute atomic E-state index is 17.5. The number of fused-ring (bicyclic) bond motifs is 4. The quantitative estimate of drug-likeness (QED) is 0.260. The van der Waals surface area contributed by atoms with Gasteiger partial charge in [-0.1, -0.05) is 12.0 Å². The molecule has 2 aromatic heterocycles. The first-order valence-corrected chi connectivity index (χ1v) is 16.6. The molecule has 2 bridgehead atoms. The minimum Gasteiger partial charge on any atom is -0.508 e. The summed E-state index contributed by atoms with van der Waals surface area (Å²) in [5, 5.41) is 15.1. The number of rotatable bonds is 9. The van der Waals surface area contributed by atoms with E-state index in [-0.39, 0.29) is 74.8 Å². The minimum absolute atomic E-state index is 0.000992. The molecule has 2 aromatic carbocycles. The third-order valence-electron chi connectivity index (χ3n) is 10.2. The number of phenols is 1. The number of piperazine rings is 1. The molecule has 48 heavy (non-hydrogen) atoms. The van der Waals surface area contributed by atoms with Crippen molar-refractivity contribution < 1.29 is 23.4 Å². The SMILES string of the molecule is C#Cc1c(F)ccc2cc(O)cc(-c3c(F)c4nc(OCC5(CN(C)C)CC5)nc(N5CC6CCC(C5)N6)c4c(=O)n3CC3COC3)c12. The van der Waals surface area contributed by atoms with E-state index in [1.807, 2.05) is 14.1 Å². The van der Waals surface area contributed by atoms with Crippen LogP contribution in [0.3, 0.4) is 0 Å². The van der Waals surface area contributed by atoms with Crippen molar-refractivity contribution in [1.82, 2.24) is 24.8 Å². The highest BCUT2D eigenvalue weighted by molar-refractivity contribution is 6.03. The van der Waals surface area contributed by atoms with Gasteiger partial charge in [0.15, 0.2) is 5.82 Å². The molecule has 250 valence electrons. The molecule has 12 heteroatoms. The Bertz CT molecular complexity index is 2040. The van der Waals surface area contributed by atoms with Gasteiger partial charge in [0, 0.05) is 60.5 Å². The highest BCUT2D eigenvalue weighted by Gasteiger charge is 2.44. The number of ether oxygens (including phenoxy) is 2. The Kier molecular flexibility index (Phi) is 7.54. The monoisotopic (exact) mass is 656 g/mol. The maximum Gasteiger partial charge on any atom is 0.319 e. The molecule has 4 aromatic rings. The van der Waals surface area contributed by atoms with Gasteiger partial charge in [0.05, 0.1) is 31.1 Å². The molecule has 0 amide bonds. The highest BCUT2D eigenvalue weighted by Crippen LogP contribution is 2.46. The fourth-order valence-corrected chi connectivity index (χ4v) is 7.77. The molecule has 2 unspecified atom stereocenters. The van der Waals surface area contributed by atoms with Crippen LogP contribution in [0.4, 0.5) is 14.6 Å². The number of terminal acetylenes is 1. The third-order valence-corrected chi connectivity index (χ3v) is 10.2. The van der Waals surface area contributed by atoms with Crippen LogP contribution in [0.15, 0.2) is 29.1 Å². The van der Waals surface area contributed by atoms with Gasteiger partial charge in [-0.2, -0.15) is 9.97 Å². The van der Waals surface area contributed by atoms with Crippen molar-refractivity contribution in [2.24, 2.45) is 11.3 Å². The average molecular weight is 657 g/mol. The summed E-state index contributed by atoms with van der Waals surface area (Å²) in [7, 11) is 4.03. The van der Waals surface area contributed by atoms with E-state index in [1.54, 1.807) is 0 Å². The molecular weight excluding hydrogens is 618 g/mol. The summed E-state index contributed by atoms with van der Waals surface area (Å²) in [4.78, 5) is 28.4. The topological polar surface area (TPSA) is 105 Å². The fraction of sp³-hybridized carbons (Fsp3) is 0.472. The van der Waals surface area contributed by atoms with Crippen LogP contribution < -0.4 is 20.5 Å². The second kappa shape index (κ2) is 11.7. The summed E-state index contributed by atoms with van der Waals surface area (Å²) in [5.41, 5.74) is -0.835. The number of nitrogens with zero attached hydrogens (tertiary/aromatic N) is 5. The van der Waals surface area contributed by atoms with Crippen molar-refractivity contribution in [3.05, 3.63) is 51.8 Å². The number of hydrogen-bond donors (Lipinski definition) is 2. The zero-order chi connectivity index (χ0) is 33.3. The lowest BCUT2D eigenvalue weighted by atomic mass is 9.95. The van der Waals surface area contributed by atoms with Crippen molar-refractivity contribution in [3.8, 4) is 35.4 Å². The third kappa shape index (κ3) is 5.34. The summed E-state index contributed by atoms with van der Waals surface area (Å²) in [6.45, 7) is 3.35. The predicted octanol–water partition coefficient (Wildman–Crippen LogP) is 3.88. The van der Waals surface area contributed by atoms with Gasteiger partial charge in [-0.25, -0.2) is 8.78 Å². The van der Waals surface area contributed by atoms with E-state index < -0.39 is 17.2 Å². The fourth-order valence-electron chi connectivity index (χ4n) is 7.77. The molecule has 3 aliphatic heterocycles. The Labute approximate surface area is 276 Å². The number of anilines is 1. The van der Waals surface area contributed by atoms with Gasteiger partial charge in [-0.05, 0) is 63.4 Å². The largest absolute Gasteiger partial charge is 0.508 e. The lowest BCUT2D eigenvalue weighted by Crippen LogP contribution is -2.51. The Morgan fingerprint density at radius 3 is 2.54 bits per heavy atom. The molecule has 0 radical (unpaired) electrons. The second-order valence-electron chi connectivity index (χ2n) is 14.3. The van der Waals surface area contributed by atoms with Crippen LogP contribution in [0.25, 0.3) is 32.9 Å². The Balaban J connectivity index is 1.38. The normalized spacial score (nSPS) is 21.5. The van der Waals surface area contributed by atoms with Crippen molar-refractivity contribution in [2.75, 3.05) is 58.5 Å². The molecule has 0 spiro atoms. The molecular formula is C36H38F2N6O4. The molecule has 1 saturated carbocycles. The lowest BCUT2D eigenvalue weighted by molar-refractivity contribution is -0.0396. The first-order chi connectivity index (χ1) is 23.1. The minimum atomic E-state index is -0.801. The molecule has 4 fully saturated rings. The summed E-state index contributed by atoms with van der Waals surface area (Å²) in [6, 6.07) is 5.90. The van der Waals surface area contributed by atoms with Crippen LogP contribution >= 0.6 is 0 Å². The van der Waals surface area contributed by atoms with Crippen LogP contribution in [-0.2, 0) is 11.3 Å². The number of halogens is 2. The van der Waals surface area contributed by atoms with Gasteiger partial charge in [-0.15, -0.1) is 6.42 Å². The molecule has 4 aliphatic rings. The van der Waals surface area contributed by atoms with Crippen LogP contribution in [0, 0.1) is 35.3 Å². The van der Waals surface area contributed by atoms with Crippen molar-refractivity contribution in [2.45, 2.75) is 44.3 Å². The molecule has 5 heterocycles. The average Bonchev–Trinajstić information content (AvgIpc) is 3.72. The van der Waals surface area contributed by atoms with Gasteiger partial charge in [0.1, 0.15) is 28.3 Å². The van der Waals surface area contributed by atoms with E-state index in [4.69, 9.17) is 20.9 Å². The van der Waals surface area contributed by atoms with Crippen LogP contribution in [0.1, 0.15) is 31.2 Å². The first kappa shape index (κ1) is 31.0. The summed E-state index contributed by atoms with van der Waals surface area (Å²) in [6.07, 6.45) is 9.79. The summed E-state index contributed by atoms with van der Waals surface area (Å²) < 4.78 is 45.7. The smallest absolute Gasteiger partial charge is 0.319 e.